The van der Waals surface area contributed by atoms with Crippen LogP contribution in [0.3, 0.4) is 0 Å². The smallest absolute Gasteiger partial charge is 0.273 e. The van der Waals surface area contributed by atoms with Gasteiger partial charge in [0.1, 0.15) is 0 Å². The molecule has 3 rings (SSSR count). The first-order chi connectivity index (χ1) is 11.4. The van der Waals surface area contributed by atoms with Gasteiger partial charge in [-0.25, -0.2) is 4.98 Å². The van der Waals surface area contributed by atoms with E-state index >= 15 is 0 Å². The molecule has 1 amide bonds. The number of amides is 1. The summed E-state index contributed by atoms with van der Waals surface area (Å²) in [7, 11) is 1.78. The molecule has 1 aliphatic heterocycles. The van der Waals surface area contributed by atoms with Crippen molar-refractivity contribution in [3.05, 3.63) is 27.2 Å². The second-order valence-electron chi connectivity index (χ2n) is 6.69. The van der Waals surface area contributed by atoms with E-state index in [1.165, 1.54) is 0 Å². The standard InChI is InChI=1S/C17H25N5O2.2ClH/c1-10-9-22(8-7-18-10)14(23)6-5-13-11(2)15-16(19-12(13)3)21(4)20-17(15)24;;/h10,18H,5-9H2,1-4H3,(H,20,24);2*1H. The van der Waals surface area contributed by atoms with Gasteiger partial charge in [0.2, 0.25) is 5.91 Å². The van der Waals surface area contributed by atoms with Crippen molar-refractivity contribution in [2.45, 2.75) is 39.7 Å². The van der Waals surface area contributed by atoms with Gasteiger partial charge in [0.25, 0.3) is 5.56 Å². The molecular weight excluding hydrogens is 377 g/mol. The molecule has 1 unspecified atom stereocenters. The minimum Gasteiger partial charge on any atom is -0.340 e. The first-order valence-corrected chi connectivity index (χ1v) is 8.44. The van der Waals surface area contributed by atoms with E-state index in [0.29, 0.717) is 29.9 Å². The molecule has 2 aromatic rings. The first-order valence-electron chi connectivity index (χ1n) is 8.44. The van der Waals surface area contributed by atoms with Gasteiger partial charge in [0, 0.05) is 44.8 Å². The maximum Gasteiger partial charge on any atom is 0.273 e. The van der Waals surface area contributed by atoms with E-state index in [4.69, 9.17) is 0 Å². The average Bonchev–Trinajstić information content (AvgIpc) is 2.81. The van der Waals surface area contributed by atoms with Crippen LogP contribution in [-0.4, -0.2) is 51.2 Å². The maximum atomic E-state index is 12.5. The van der Waals surface area contributed by atoms with Crippen LogP contribution in [0.4, 0.5) is 0 Å². The molecule has 7 nitrogen and oxygen atoms in total. The molecule has 0 aliphatic carbocycles. The van der Waals surface area contributed by atoms with E-state index in [0.717, 1.165) is 36.5 Å². The molecule has 1 saturated heterocycles. The van der Waals surface area contributed by atoms with Crippen LogP contribution >= 0.6 is 24.8 Å². The highest BCUT2D eigenvalue weighted by molar-refractivity contribution is 5.85. The number of fused-ring (bicyclic) bond motifs is 1. The third-order valence-electron chi connectivity index (χ3n) is 4.89. The molecule has 146 valence electrons. The normalized spacial score (nSPS) is 16.9. The van der Waals surface area contributed by atoms with Crippen LogP contribution in [-0.2, 0) is 18.3 Å². The zero-order valence-corrected chi connectivity index (χ0v) is 17.2. The van der Waals surface area contributed by atoms with Crippen molar-refractivity contribution >= 4 is 41.8 Å². The highest BCUT2D eigenvalue weighted by atomic mass is 35.5. The van der Waals surface area contributed by atoms with Crippen molar-refractivity contribution in [2.24, 2.45) is 7.05 Å². The Morgan fingerprint density at radius 2 is 2.00 bits per heavy atom. The lowest BCUT2D eigenvalue weighted by atomic mass is 10.00. The summed E-state index contributed by atoms with van der Waals surface area (Å²) in [5.74, 6) is 0.171. The summed E-state index contributed by atoms with van der Waals surface area (Å²) in [4.78, 5) is 31.1. The molecule has 0 bridgehead atoms. The SMILES string of the molecule is Cc1nc2c(c(C)c1CCC(=O)N1CCNC(C)C1)c(=O)[nH]n2C.Cl.Cl. The summed E-state index contributed by atoms with van der Waals surface area (Å²) >= 11 is 0. The summed E-state index contributed by atoms with van der Waals surface area (Å²) in [6.45, 7) is 8.34. The molecule has 1 atom stereocenters. The molecule has 9 heteroatoms. The number of aromatic amines is 1. The van der Waals surface area contributed by atoms with Crippen LogP contribution in [0.15, 0.2) is 4.79 Å². The fraction of sp³-hybridized carbons (Fsp3) is 0.588. The molecule has 0 saturated carbocycles. The van der Waals surface area contributed by atoms with Crippen molar-refractivity contribution in [2.75, 3.05) is 19.6 Å². The van der Waals surface area contributed by atoms with Gasteiger partial charge in [-0.1, -0.05) is 0 Å². The summed E-state index contributed by atoms with van der Waals surface area (Å²) in [6, 6.07) is 0.340. The average molecular weight is 404 g/mol. The Morgan fingerprint density at radius 1 is 1.31 bits per heavy atom. The van der Waals surface area contributed by atoms with E-state index in [1.54, 1.807) is 11.7 Å². The van der Waals surface area contributed by atoms with E-state index in [2.05, 4.69) is 22.3 Å². The predicted octanol–water partition coefficient (Wildman–Crippen LogP) is 1.47. The number of rotatable bonds is 3. The molecular formula is C17H27Cl2N5O2. The fourth-order valence-corrected chi connectivity index (χ4v) is 3.57. The van der Waals surface area contributed by atoms with Gasteiger partial charge < -0.3 is 10.2 Å². The number of nitrogens with one attached hydrogen (secondary N) is 2. The molecule has 2 aromatic heterocycles. The second kappa shape index (κ2) is 8.88. The van der Waals surface area contributed by atoms with Crippen LogP contribution in [0, 0.1) is 13.8 Å². The van der Waals surface area contributed by atoms with Crippen LogP contribution < -0.4 is 10.9 Å². The van der Waals surface area contributed by atoms with Gasteiger partial charge in [0.05, 0.1) is 5.39 Å². The molecule has 0 radical (unpaired) electrons. The predicted molar refractivity (Wildman–Crippen MR) is 108 cm³/mol. The monoisotopic (exact) mass is 403 g/mol. The molecule has 1 aliphatic rings. The number of piperazine rings is 1. The molecule has 26 heavy (non-hydrogen) atoms. The lowest BCUT2D eigenvalue weighted by Crippen LogP contribution is -2.51. The summed E-state index contributed by atoms with van der Waals surface area (Å²) < 4.78 is 1.65. The van der Waals surface area contributed by atoms with Crippen LogP contribution in [0.25, 0.3) is 11.0 Å². The van der Waals surface area contributed by atoms with Crippen LogP contribution in [0.1, 0.15) is 30.2 Å². The minimum atomic E-state index is -0.124. The Labute approximate surface area is 165 Å². The van der Waals surface area contributed by atoms with Gasteiger partial charge in [-0.05, 0) is 38.3 Å². The number of nitrogens with zero attached hydrogens (tertiary/aromatic N) is 3. The summed E-state index contributed by atoms with van der Waals surface area (Å²) in [6.07, 6.45) is 1.07. The van der Waals surface area contributed by atoms with Gasteiger partial charge in [-0.15, -0.1) is 24.8 Å². The Kier molecular flexibility index (Phi) is 7.68. The second-order valence-corrected chi connectivity index (χ2v) is 6.69. The molecule has 2 N–H and O–H groups in total. The Bertz CT molecular complexity index is 846. The lowest BCUT2D eigenvalue weighted by molar-refractivity contribution is -0.132. The zero-order valence-electron chi connectivity index (χ0n) is 15.6. The van der Waals surface area contributed by atoms with Crippen LogP contribution in [0.2, 0.25) is 0 Å². The van der Waals surface area contributed by atoms with Crippen molar-refractivity contribution in [1.82, 2.24) is 25.0 Å². The summed E-state index contributed by atoms with van der Waals surface area (Å²) in [5, 5.41) is 6.72. The summed E-state index contributed by atoms with van der Waals surface area (Å²) in [5.41, 5.74) is 3.37. The topological polar surface area (TPSA) is 83.0 Å². The molecule has 3 heterocycles. The fourth-order valence-electron chi connectivity index (χ4n) is 3.57. The van der Waals surface area contributed by atoms with Gasteiger partial charge in [0.15, 0.2) is 5.65 Å². The van der Waals surface area contributed by atoms with E-state index in [1.807, 2.05) is 18.7 Å². The Morgan fingerprint density at radius 3 is 2.65 bits per heavy atom. The number of carbonyl (C=O) groups excluding carboxylic acids is 1. The van der Waals surface area contributed by atoms with Gasteiger partial charge in [-0.3, -0.25) is 19.4 Å². The maximum absolute atomic E-state index is 12.5. The lowest BCUT2D eigenvalue weighted by Gasteiger charge is -2.32. The number of halogens is 2. The number of aryl methyl sites for hydroxylation is 3. The largest absolute Gasteiger partial charge is 0.340 e. The van der Waals surface area contributed by atoms with E-state index in [9.17, 15) is 9.59 Å². The molecule has 0 spiro atoms. The Hall–Kier alpha value is -1.57. The number of pyridine rings is 1. The zero-order chi connectivity index (χ0) is 17.4. The van der Waals surface area contributed by atoms with E-state index < -0.39 is 0 Å². The minimum absolute atomic E-state index is 0. The number of aromatic nitrogens is 3. The van der Waals surface area contributed by atoms with Crippen molar-refractivity contribution in [3.63, 3.8) is 0 Å². The molecule has 0 aromatic carbocycles. The highest BCUT2D eigenvalue weighted by Gasteiger charge is 2.21. The first kappa shape index (κ1) is 22.5. The highest BCUT2D eigenvalue weighted by Crippen LogP contribution is 2.21. The molecule has 1 fully saturated rings. The number of hydrogen-bond acceptors (Lipinski definition) is 4. The number of H-pyrrole nitrogens is 1. The van der Waals surface area contributed by atoms with Crippen molar-refractivity contribution < 1.29 is 4.79 Å². The van der Waals surface area contributed by atoms with Gasteiger partial charge in [-0.2, -0.15) is 0 Å². The van der Waals surface area contributed by atoms with Gasteiger partial charge >= 0.3 is 0 Å². The number of hydrogen-bond donors (Lipinski definition) is 2. The third-order valence-corrected chi connectivity index (χ3v) is 4.89. The van der Waals surface area contributed by atoms with Crippen molar-refractivity contribution in [3.8, 4) is 0 Å². The van der Waals surface area contributed by atoms with Crippen LogP contribution in [0.5, 0.6) is 0 Å². The van der Waals surface area contributed by atoms with E-state index in [-0.39, 0.29) is 36.3 Å². The quantitative estimate of drug-likeness (QED) is 0.812. The van der Waals surface area contributed by atoms with Crippen molar-refractivity contribution in [1.29, 1.82) is 0 Å². The third kappa shape index (κ3) is 4.22. The number of carbonyl (C=O) groups is 1. The Balaban J connectivity index is 0.00000169.